The summed E-state index contributed by atoms with van der Waals surface area (Å²) in [5.74, 6) is -0.353. The molecule has 106 valence electrons. The Balaban J connectivity index is 0.00000180. The van der Waals surface area contributed by atoms with Gasteiger partial charge in [0.15, 0.2) is 0 Å². The number of fused-ring (bicyclic) bond motifs is 1. The average Bonchev–Trinajstić information content (AvgIpc) is 2.36. The molecule has 1 aromatic carbocycles. The number of carbonyl (C=O) groups excluding carboxylic acids is 1. The van der Waals surface area contributed by atoms with Crippen molar-refractivity contribution in [3.63, 3.8) is 0 Å². The van der Waals surface area contributed by atoms with Crippen LogP contribution in [0.5, 0.6) is 0 Å². The molecule has 1 atom stereocenters. The van der Waals surface area contributed by atoms with Gasteiger partial charge in [0.2, 0.25) is 0 Å². The lowest BCUT2D eigenvalue weighted by Crippen LogP contribution is -2.52. The molecule has 5 nitrogen and oxygen atoms in total. The van der Waals surface area contributed by atoms with Gasteiger partial charge in [0, 0.05) is 17.8 Å². The molecule has 1 aliphatic rings. The molecule has 3 N–H and O–H groups in total. The van der Waals surface area contributed by atoms with E-state index in [0.717, 1.165) is 11.3 Å². The van der Waals surface area contributed by atoms with Crippen molar-refractivity contribution in [2.75, 3.05) is 19.0 Å². The first-order valence-corrected chi connectivity index (χ1v) is 6.08. The number of nitrogens with one attached hydrogen (secondary N) is 1. The monoisotopic (exact) mass is 325 g/mol. The largest absolute Gasteiger partial charge is 0.468 e. The van der Waals surface area contributed by atoms with Crippen molar-refractivity contribution in [1.29, 1.82) is 0 Å². The Morgan fingerprint density at radius 2 is 2.26 bits per heavy atom. The zero-order chi connectivity index (χ0) is 13.3. The number of benzene rings is 1. The summed E-state index contributed by atoms with van der Waals surface area (Å²) in [7, 11) is 1.34. The fourth-order valence-electron chi connectivity index (χ4n) is 1.82. The van der Waals surface area contributed by atoms with Gasteiger partial charge in [-0.2, -0.15) is 0 Å². The molecule has 0 fully saturated rings. The molecule has 0 aromatic heterocycles. The Morgan fingerprint density at radius 1 is 1.58 bits per heavy atom. The minimum atomic E-state index is -0.464. The third-order valence-electron chi connectivity index (χ3n) is 2.81. The van der Waals surface area contributed by atoms with E-state index in [2.05, 4.69) is 10.1 Å². The number of ether oxygens (including phenoxy) is 1. The Bertz CT molecular complexity index is 484. The third kappa shape index (κ3) is 3.43. The number of hydrogen-bond donors (Lipinski definition) is 2. The number of methoxy groups -OCH3 is 1. The van der Waals surface area contributed by atoms with E-state index in [-0.39, 0.29) is 24.9 Å². The standard InChI is InChI=1S/C11H13Cl2N3O2.ClH/c1-18-9(17)5-16-4-6-8(15-11(16)14)3-2-7(12)10(6)13;/h2-3,11,15H,4-5,14H2,1H3;1H. The Labute approximate surface area is 127 Å². The second-order valence-corrected chi connectivity index (χ2v) is 4.74. The lowest BCUT2D eigenvalue weighted by Gasteiger charge is -2.35. The van der Waals surface area contributed by atoms with Crippen molar-refractivity contribution in [3.8, 4) is 0 Å². The van der Waals surface area contributed by atoms with Crippen LogP contribution in [0.4, 0.5) is 5.69 Å². The highest BCUT2D eigenvalue weighted by Gasteiger charge is 2.26. The number of halogens is 3. The highest BCUT2D eigenvalue weighted by molar-refractivity contribution is 6.42. The van der Waals surface area contributed by atoms with Gasteiger partial charge in [0.1, 0.15) is 6.29 Å². The predicted molar refractivity (Wildman–Crippen MR) is 77.7 cm³/mol. The van der Waals surface area contributed by atoms with Crippen molar-refractivity contribution in [2.24, 2.45) is 5.73 Å². The van der Waals surface area contributed by atoms with Gasteiger partial charge < -0.3 is 10.1 Å². The maximum Gasteiger partial charge on any atom is 0.319 e. The smallest absolute Gasteiger partial charge is 0.319 e. The summed E-state index contributed by atoms with van der Waals surface area (Å²) in [4.78, 5) is 13.0. The first-order valence-electron chi connectivity index (χ1n) is 5.32. The summed E-state index contributed by atoms with van der Waals surface area (Å²) in [6.45, 7) is 0.533. The van der Waals surface area contributed by atoms with E-state index in [4.69, 9.17) is 28.9 Å². The maximum atomic E-state index is 11.3. The first kappa shape index (κ1) is 16.3. The molecule has 0 aliphatic carbocycles. The van der Waals surface area contributed by atoms with Gasteiger partial charge in [-0.25, -0.2) is 0 Å². The number of hydrogen-bond acceptors (Lipinski definition) is 5. The number of nitrogens with two attached hydrogens (primary N) is 1. The lowest BCUT2D eigenvalue weighted by atomic mass is 10.1. The SMILES string of the molecule is COC(=O)CN1Cc2c(ccc(Cl)c2Cl)NC1N.Cl. The second-order valence-electron chi connectivity index (χ2n) is 3.96. The maximum absolute atomic E-state index is 11.3. The van der Waals surface area contributed by atoms with E-state index in [1.807, 2.05) is 6.07 Å². The van der Waals surface area contributed by atoms with E-state index < -0.39 is 6.29 Å². The molecule has 1 heterocycles. The van der Waals surface area contributed by atoms with Crippen LogP contribution in [0, 0.1) is 0 Å². The van der Waals surface area contributed by atoms with Crippen LogP contribution in [-0.4, -0.2) is 30.8 Å². The van der Waals surface area contributed by atoms with Crippen molar-refractivity contribution in [2.45, 2.75) is 12.8 Å². The molecule has 0 bridgehead atoms. The summed E-state index contributed by atoms with van der Waals surface area (Å²) in [5.41, 5.74) is 7.58. The van der Waals surface area contributed by atoms with Gasteiger partial charge in [0.05, 0.1) is 23.7 Å². The third-order valence-corrected chi connectivity index (χ3v) is 3.66. The fourth-order valence-corrected chi connectivity index (χ4v) is 2.22. The van der Waals surface area contributed by atoms with Gasteiger partial charge in [-0.15, -0.1) is 12.4 Å². The number of carbonyl (C=O) groups is 1. The molecule has 0 radical (unpaired) electrons. The van der Waals surface area contributed by atoms with Crippen LogP contribution in [0.25, 0.3) is 0 Å². The molecule has 0 saturated heterocycles. The molecule has 1 aliphatic heterocycles. The van der Waals surface area contributed by atoms with Crippen LogP contribution in [0.15, 0.2) is 12.1 Å². The molecular formula is C11H14Cl3N3O2. The highest BCUT2D eigenvalue weighted by Crippen LogP contribution is 2.35. The molecule has 1 aromatic rings. The van der Waals surface area contributed by atoms with Crippen LogP contribution < -0.4 is 11.1 Å². The summed E-state index contributed by atoms with van der Waals surface area (Å²) < 4.78 is 4.62. The van der Waals surface area contributed by atoms with Crippen molar-refractivity contribution < 1.29 is 9.53 Å². The van der Waals surface area contributed by atoms with E-state index in [0.29, 0.717) is 16.6 Å². The summed E-state index contributed by atoms with van der Waals surface area (Å²) >= 11 is 12.1. The fraction of sp³-hybridized carbons (Fsp3) is 0.364. The van der Waals surface area contributed by atoms with Crippen LogP contribution in [-0.2, 0) is 16.1 Å². The number of rotatable bonds is 2. The first-order chi connectivity index (χ1) is 8.52. The molecule has 19 heavy (non-hydrogen) atoms. The van der Waals surface area contributed by atoms with Gasteiger partial charge >= 0.3 is 5.97 Å². The van der Waals surface area contributed by atoms with Crippen LogP contribution in [0.1, 0.15) is 5.56 Å². The molecular weight excluding hydrogens is 312 g/mol. The number of nitrogens with zero attached hydrogens (tertiary/aromatic N) is 1. The van der Waals surface area contributed by atoms with Crippen LogP contribution >= 0.6 is 35.6 Å². The van der Waals surface area contributed by atoms with Gasteiger partial charge in [-0.05, 0) is 12.1 Å². The second kappa shape index (κ2) is 6.63. The average molecular weight is 327 g/mol. The van der Waals surface area contributed by atoms with Crippen molar-refractivity contribution in [1.82, 2.24) is 4.90 Å². The van der Waals surface area contributed by atoms with Crippen LogP contribution in [0.3, 0.4) is 0 Å². The van der Waals surface area contributed by atoms with E-state index in [9.17, 15) is 4.79 Å². The molecule has 0 saturated carbocycles. The summed E-state index contributed by atoms with van der Waals surface area (Å²) in [5, 5.41) is 4.01. The zero-order valence-corrected chi connectivity index (χ0v) is 12.5. The van der Waals surface area contributed by atoms with E-state index in [1.165, 1.54) is 7.11 Å². The summed E-state index contributed by atoms with van der Waals surface area (Å²) in [6.07, 6.45) is -0.464. The quantitative estimate of drug-likeness (QED) is 0.814. The Morgan fingerprint density at radius 3 is 2.89 bits per heavy atom. The zero-order valence-electron chi connectivity index (χ0n) is 10.2. The number of anilines is 1. The highest BCUT2D eigenvalue weighted by atomic mass is 35.5. The molecule has 2 rings (SSSR count). The Kier molecular flexibility index (Phi) is 5.70. The van der Waals surface area contributed by atoms with Gasteiger partial charge in [-0.3, -0.25) is 15.4 Å². The number of esters is 1. The van der Waals surface area contributed by atoms with Crippen LogP contribution in [0.2, 0.25) is 10.0 Å². The molecule has 8 heteroatoms. The summed E-state index contributed by atoms with van der Waals surface area (Å²) in [6, 6.07) is 3.53. The normalized spacial score (nSPS) is 18.0. The predicted octanol–water partition coefficient (Wildman–Crippen LogP) is 2.06. The molecule has 0 amide bonds. The van der Waals surface area contributed by atoms with E-state index >= 15 is 0 Å². The van der Waals surface area contributed by atoms with Gasteiger partial charge in [-0.1, -0.05) is 23.2 Å². The Hall–Kier alpha value is -0.720. The van der Waals surface area contributed by atoms with Crippen molar-refractivity contribution >= 4 is 47.3 Å². The van der Waals surface area contributed by atoms with E-state index in [1.54, 1.807) is 11.0 Å². The topological polar surface area (TPSA) is 67.6 Å². The minimum absolute atomic E-state index is 0. The minimum Gasteiger partial charge on any atom is -0.468 e. The van der Waals surface area contributed by atoms with Crippen molar-refractivity contribution in [3.05, 3.63) is 27.7 Å². The van der Waals surface area contributed by atoms with Gasteiger partial charge in [0.25, 0.3) is 0 Å². The lowest BCUT2D eigenvalue weighted by molar-refractivity contribution is -0.142. The molecule has 1 unspecified atom stereocenters. The molecule has 0 spiro atoms.